The molecular weight excluding hydrogens is 324 g/mol. The molecule has 0 spiro atoms. The summed E-state index contributed by atoms with van der Waals surface area (Å²) in [4.78, 5) is 24.1. The number of hydrogen-bond acceptors (Lipinski definition) is 5. The number of ether oxygens (including phenoxy) is 2. The second kappa shape index (κ2) is 8.13. The van der Waals surface area contributed by atoms with E-state index in [2.05, 4.69) is 0 Å². The number of rotatable bonds is 6. The first-order valence-corrected chi connectivity index (χ1v) is 8.72. The Morgan fingerprint density at radius 3 is 2.42 bits per heavy atom. The molecule has 1 aliphatic rings. The molecule has 0 saturated carbocycles. The first-order chi connectivity index (χ1) is 11.7. The fraction of sp³-hybridized carbons (Fsp3) is 0.263. The molecule has 5 heteroatoms. The lowest BCUT2D eigenvalue weighted by atomic mass is 10.2. The molecule has 1 heterocycles. The summed E-state index contributed by atoms with van der Waals surface area (Å²) in [6, 6.07) is 18.6. The van der Waals surface area contributed by atoms with Crippen LogP contribution < -0.4 is 0 Å². The molecule has 0 bridgehead atoms. The minimum absolute atomic E-state index is 0.0229. The molecule has 1 saturated heterocycles. The molecule has 4 nitrogen and oxygen atoms in total. The second-order valence-corrected chi connectivity index (χ2v) is 6.90. The van der Waals surface area contributed by atoms with Crippen molar-refractivity contribution in [3.05, 3.63) is 71.8 Å². The molecule has 2 aromatic carbocycles. The van der Waals surface area contributed by atoms with Gasteiger partial charge < -0.3 is 9.47 Å². The van der Waals surface area contributed by atoms with Gasteiger partial charge in [-0.05, 0) is 17.7 Å². The summed E-state index contributed by atoms with van der Waals surface area (Å²) in [5.41, 5.74) is 0.816. The molecule has 0 radical (unpaired) electrons. The van der Waals surface area contributed by atoms with E-state index in [1.807, 2.05) is 36.4 Å². The summed E-state index contributed by atoms with van der Waals surface area (Å²) in [5.74, 6) is -0.523. The fourth-order valence-electron chi connectivity index (χ4n) is 2.43. The van der Waals surface area contributed by atoms with Gasteiger partial charge in [-0.2, -0.15) is 0 Å². The maximum Gasteiger partial charge on any atom is 0.339 e. The van der Waals surface area contributed by atoms with Crippen molar-refractivity contribution >= 4 is 23.5 Å². The largest absolute Gasteiger partial charge is 0.439 e. The van der Waals surface area contributed by atoms with Gasteiger partial charge in [-0.25, -0.2) is 4.79 Å². The number of ketones is 1. The summed E-state index contributed by atoms with van der Waals surface area (Å²) >= 11 is 1.36. The number of carbonyl (C=O) groups is 2. The summed E-state index contributed by atoms with van der Waals surface area (Å²) in [6.07, 6.45) is 0.367. The molecule has 3 rings (SSSR count). The van der Waals surface area contributed by atoms with Gasteiger partial charge in [0.1, 0.15) is 0 Å². The Hall–Kier alpha value is -2.11. The summed E-state index contributed by atoms with van der Waals surface area (Å²) in [7, 11) is 0. The maximum atomic E-state index is 12.0. The molecule has 2 atom stereocenters. The molecule has 0 amide bonds. The number of thioether (sulfide) groups is 1. The van der Waals surface area contributed by atoms with Crippen molar-refractivity contribution in [2.75, 3.05) is 6.61 Å². The van der Waals surface area contributed by atoms with Crippen LogP contribution in [0.5, 0.6) is 0 Å². The van der Waals surface area contributed by atoms with Crippen LogP contribution >= 0.6 is 11.8 Å². The SMILES string of the molecule is O=C(OC1S[C@H](COCc2ccccc2)CC1=O)c1ccccc1. The highest BCUT2D eigenvalue weighted by Gasteiger charge is 2.36. The lowest BCUT2D eigenvalue weighted by molar-refractivity contribution is -0.123. The van der Waals surface area contributed by atoms with Gasteiger partial charge in [0.25, 0.3) is 0 Å². The third-order valence-corrected chi connectivity index (χ3v) is 4.94. The lowest BCUT2D eigenvalue weighted by Gasteiger charge is -2.12. The van der Waals surface area contributed by atoms with E-state index in [0.717, 1.165) is 5.56 Å². The van der Waals surface area contributed by atoms with E-state index in [0.29, 0.717) is 25.2 Å². The van der Waals surface area contributed by atoms with Crippen LogP contribution in [-0.2, 0) is 20.9 Å². The summed E-state index contributed by atoms with van der Waals surface area (Å²) < 4.78 is 11.0. The van der Waals surface area contributed by atoms with Gasteiger partial charge in [0.05, 0.1) is 18.8 Å². The Bertz CT molecular complexity index is 687. The van der Waals surface area contributed by atoms with Crippen LogP contribution in [0.25, 0.3) is 0 Å². The first-order valence-electron chi connectivity index (χ1n) is 7.78. The third-order valence-electron chi connectivity index (χ3n) is 3.65. The van der Waals surface area contributed by atoms with Crippen molar-refractivity contribution in [3.8, 4) is 0 Å². The summed E-state index contributed by atoms with van der Waals surface area (Å²) in [6.45, 7) is 0.977. The fourth-order valence-corrected chi connectivity index (χ4v) is 3.61. The highest BCUT2D eigenvalue weighted by Crippen LogP contribution is 2.32. The van der Waals surface area contributed by atoms with E-state index < -0.39 is 11.4 Å². The number of esters is 1. The molecular formula is C19H18O4S. The van der Waals surface area contributed by atoms with Crippen LogP contribution in [0.4, 0.5) is 0 Å². The molecule has 0 aromatic heterocycles. The van der Waals surface area contributed by atoms with E-state index in [9.17, 15) is 9.59 Å². The highest BCUT2D eigenvalue weighted by molar-refractivity contribution is 8.01. The molecule has 1 aliphatic heterocycles. The van der Waals surface area contributed by atoms with Gasteiger partial charge in [0.2, 0.25) is 5.44 Å². The number of Topliss-reactive ketones (excluding diaryl/α,β-unsaturated/α-hetero) is 1. The summed E-state index contributed by atoms with van der Waals surface area (Å²) in [5, 5.41) is 0.0229. The molecule has 1 fully saturated rings. The maximum absolute atomic E-state index is 12.0. The van der Waals surface area contributed by atoms with Crippen molar-refractivity contribution in [3.63, 3.8) is 0 Å². The Kier molecular flexibility index (Phi) is 5.67. The number of hydrogen-bond donors (Lipinski definition) is 0. The van der Waals surface area contributed by atoms with Gasteiger partial charge in [-0.15, -0.1) is 11.8 Å². The number of carbonyl (C=O) groups excluding carboxylic acids is 2. The topological polar surface area (TPSA) is 52.6 Å². The average Bonchev–Trinajstić information content (AvgIpc) is 2.96. The number of benzene rings is 2. The third kappa shape index (κ3) is 4.46. The normalized spacial score (nSPS) is 20.1. The Labute approximate surface area is 145 Å². The molecule has 0 aliphatic carbocycles. The van der Waals surface area contributed by atoms with Gasteiger partial charge in [-0.3, -0.25) is 4.79 Å². The molecule has 124 valence electrons. The zero-order valence-corrected chi connectivity index (χ0v) is 13.9. The van der Waals surface area contributed by atoms with E-state index >= 15 is 0 Å². The van der Waals surface area contributed by atoms with Gasteiger partial charge in [0.15, 0.2) is 5.78 Å². The van der Waals surface area contributed by atoms with E-state index in [1.54, 1.807) is 24.3 Å². The predicted octanol–water partition coefficient (Wildman–Crippen LogP) is 3.46. The molecule has 24 heavy (non-hydrogen) atoms. The minimum atomic E-state index is -0.733. The van der Waals surface area contributed by atoms with Crippen LogP contribution in [0.1, 0.15) is 22.3 Å². The van der Waals surface area contributed by atoms with E-state index in [4.69, 9.17) is 9.47 Å². The zero-order valence-electron chi connectivity index (χ0n) is 13.1. The monoisotopic (exact) mass is 342 g/mol. The second-order valence-electron chi connectivity index (χ2n) is 5.53. The van der Waals surface area contributed by atoms with E-state index in [1.165, 1.54) is 11.8 Å². The van der Waals surface area contributed by atoms with Gasteiger partial charge in [0, 0.05) is 11.7 Å². The van der Waals surface area contributed by atoms with Crippen molar-refractivity contribution in [2.45, 2.75) is 23.7 Å². The average molecular weight is 342 g/mol. The van der Waals surface area contributed by atoms with Crippen LogP contribution in [0.15, 0.2) is 60.7 Å². The van der Waals surface area contributed by atoms with Crippen LogP contribution in [0.3, 0.4) is 0 Å². The Morgan fingerprint density at radius 2 is 1.71 bits per heavy atom. The smallest absolute Gasteiger partial charge is 0.339 e. The minimum Gasteiger partial charge on any atom is -0.439 e. The van der Waals surface area contributed by atoms with Gasteiger partial charge >= 0.3 is 5.97 Å². The van der Waals surface area contributed by atoms with Gasteiger partial charge in [-0.1, -0.05) is 48.5 Å². The van der Waals surface area contributed by atoms with Crippen LogP contribution in [-0.4, -0.2) is 29.0 Å². The zero-order chi connectivity index (χ0) is 16.8. The molecule has 0 N–H and O–H groups in total. The van der Waals surface area contributed by atoms with Crippen LogP contribution in [0.2, 0.25) is 0 Å². The lowest BCUT2D eigenvalue weighted by Crippen LogP contribution is -2.19. The van der Waals surface area contributed by atoms with E-state index in [-0.39, 0.29) is 11.0 Å². The van der Waals surface area contributed by atoms with Crippen molar-refractivity contribution in [1.29, 1.82) is 0 Å². The first kappa shape index (κ1) is 16.7. The standard InChI is InChI=1S/C19H18O4S/c20-17-11-16(13-22-12-14-7-3-1-4-8-14)24-19(17)23-18(21)15-9-5-2-6-10-15/h1-10,16,19H,11-13H2/t16-,19?/m0/s1. The molecule has 1 unspecified atom stereocenters. The Balaban J connectivity index is 1.46. The highest BCUT2D eigenvalue weighted by atomic mass is 32.2. The Morgan fingerprint density at radius 1 is 1.04 bits per heavy atom. The van der Waals surface area contributed by atoms with Crippen molar-refractivity contribution in [2.24, 2.45) is 0 Å². The predicted molar refractivity (Wildman–Crippen MR) is 92.7 cm³/mol. The van der Waals surface area contributed by atoms with Crippen molar-refractivity contribution < 1.29 is 19.1 Å². The van der Waals surface area contributed by atoms with Crippen LogP contribution in [0, 0.1) is 0 Å². The quantitative estimate of drug-likeness (QED) is 0.753. The molecule has 2 aromatic rings. The van der Waals surface area contributed by atoms with Crippen molar-refractivity contribution in [1.82, 2.24) is 0 Å².